The molecule has 25 heavy (non-hydrogen) atoms. The van der Waals surface area contributed by atoms with Crippen molar-refractivity contribution in [2.24, 2.45) is 0 Å². The van der Waals surface area contributed by atoms with Crippen LogP contribution in [-0.4, -0.2) is 17.6 Å². The zero-order valence-electron chi connectivity index (χ0n) is 14.6. The highest BCUT2D eigenvalue weighted by Gasteiger charge is 2.15. The molecular formula is C23H24N2. The van der Waals surface area contributed by atoms with Crippen molar-refractivity contribution in [1.82, 2.24) is 10.3 Å². The van der Waals surface area contributed by atoms with Gasteiger partial charge in [0.1, 0.15) is 0 Å². The van der Waals surface area contributed by atoms with Crippen molar-refractivity contribution in [2.75, 3.05) is 6.54 Å². The average molecular weight is 328 g/mol. The van der Waals surface area contributed by atoms with E-state index in [-0.39, 0.29) is 0 Å². The van der Waals surface area contributed by atoms with Crippen LogP contribution in [0.25, 0.3) is 22.6 Å². The minimum atomic E-state index is 0.501. The van der Waals surface area contributed by atoms with Gasteiger partial charge in [-0.25, -0.2) is 0 Å². The van der Waals surface area contributed by atoms with Crippen LogP contribution in [0.15, 0.2) is 66.9 Å². The van der Waals surface area contributed by atoms with Crippen LogP contribution < -0.4 is 5.32 Å². The first kappa shape index (κ1) is 15.9. The predicted octanol–water partition coefficient (Wildman–Crippen LogP) is 5.33. The van der Waals surface area contributed by atoms with E-state index in [4.69, 9.17) is 0 Å². The van der Waals surface area contributed by atoms with Gasteiger partial charge in [0.05, 0.1) is 0 Å². The van der Waals surface area contributed by atoms with Crippen molar-refractivity contribution < 1.29 is 0 Å². The van der Waals surface area contributed by atoms with Gasteiger partial charge in [-0.1, -0.05) is 54.6 Å². The normalized spacial score (nSPS) is 18.0. The van der Waals surface area contributed by atoms with Gasteiger partial charge in [0.2, 0.25) is 0 Å². The molecule has 0 fully saturated rings. The molecule has 2 heterocycles. The molecule has 2 N–H and O–H groups in total. The van der Waals surface area contributed by atoms with Crippen molar-refractivity contribution in [2.45, 2.75) is 25.8 Å². The van der Waals surface area contributed by atoms with Crippen LogP contribution >= 0.6 is 0 Å². The van der Waals surface area contributed by atoms with Crippen molar-refractivity contribution in [1.29, 1.82) is 0 Å². The zero-order chi connectivity index (χ0) is 17.1. The van der Waals surface area contributed by atoms with Crippen molar-refractivity contribution >= 4 is 22.6 Å². The molecule has 0 amide bonds. The van der Waals surface area contributed by atoms with E-state index >= 15 is 0 Å². The average Bonchev–Trinajstić information content (AvgIpc) is 3.12. The summed E-state index contributed by atoms with van der Waals surface area (Å²) >= 11 is 0. The summed E-state index contributed by atoms with van der Waals surface area (Å²) in [5.74, 6) is 0. The van der Waals surface area contributed by atoms with Gasteiger partial charge in [-0.15, -0.1) is 0 Å². The van der Waals surface area contributed by atoms with E-state index in [1.54, 1.807) is 0 Å². The van der Waals surface area contributed by atoms with E-state index in [0.29, 0.717) is 6.04 Å². The Morgan fingerprint density at radius 3 is 2.92 bits per heavy atom. The molecule has 0 saturated heterocycles. The Kier molecular flexibility index (Phi) is 4.53. The number of aryl methyl sites for hydroxylation is 1. The molecule has 2 nitrogen and oxygen atoms in total. The van der Waals surface area contributed by atoms with Crippen LogP contribution in [0.4, 0.5) is 0 Å². The molecule has 1 aliphatic rings. The van der Waals surface area contributed by atoms with Crippen molar-refractivity contribution in [3.8, 4) is 0 Å². The number of hydrogen-bond acceptors (Lipinski definition) is 1. The van der Waals surface area contributed by atoms with Gasteiger partial charge < -0.3 is 10.3 Å². The maximum atomic E-state index is 3.62. The summed E-state index contributed by atoms with van der Waals surface area (Å²) in [6, 6.07) is 17.7. The fourth-order valence-corrected chi connectivity index (χ4v) is 3.70. The Labute approximate surface area is 149 Å². The third kappa shape index (κ3) is 3.45. The number of aromatic nitrogens is 1. The molecule has 1 aromatic heterocycles. The second-order valence-corrected chi connectivity index (χ2v) is 6.78. The number of nitrogens with one attached hydrogen (secondary N) is 2. The number of aromatic amines is 1. The number of rotatable bonds is 4. The fourth-order valence-electron chi connectivity index (χ4n) is 3.70. The Hall–Kier alpha value is -2.58. The van der Waals surface area contributed by atoms with Gasteiger partial charge >= 0.3 is 0 Å². The minimum Gasteiger partial charge on any atom is -0.361 e. The molecule has 126 valence electrons. The summed E-state index contributed by atoms with van der Waals surface area (Å²) in [6.45, 7) is 3.15. The van der Waals surface area contributed by atoms with Crippen LogP contribution in [0.1, 0.15) is 29.5 Å². The second-order valence-electron chi connectivity index (χ2n) is 6.78. The fraction of sp³-hybridized carbons (Fsp3) is 0.217. The van der Waals surface area contributed by atoms with Crippen LogP contribution in [0.2, 0.25) is 0 Å². The maximum Gasteiger partial charge on any atom is 0.0459 e. The molecule has 0 saturated carbocycles. The largest absolute Gasteiger partial charge is 0.361 e. The van der Waals surface area contributed by atoms with Gasteiger partial charge in [0.25, 0.3) is 0 Å². The molecular weight excluding hydrogens is 304 g/mol. The third-order valence-corrected chi connectivity index (χ3v) is 5.06. The summed E-state index contributed by atoms with van der Waals surface area (Å²) in [5, 5.41) is 4.91. The Balaban J connectivity index is 1.45. The quantitative estimate of drug-likeness (QED) is 0.666. The van der Waals surface area contributed by atoms with Gasteiger partial charge in [-0.05, 0) is 54.2 Å². The molecule has 0 radical (unpaired) electrons. The molecule has 4 rings (SSSR count). The lowest BCUT2D eigenvalue weighted by atomic mass is 9.91. The Morgan fingerprint density at radius 2 is 2.00 bits per heavy atom. The lowest BCUT2D eigenvalue weighted by Crippen LogP contribution is -2.32. The summed E-state index contributed by atoms with van der Waals surface area (Å²) in [5.41, 5.74) is 6.72. The molecule has 1 aliphatic heterocycles. The standard InChI is InChI=1S/C23H24N2/c1-17-6-2-3-10-21(17)19-12-14-24-20(16-19)9-4-7-18-8-5-11-23-22(18)13-15-25-23/h2-8,10-13,15,20,24-25H,9,14,16H2,1H3. The van der Waals surface area contributed by atoms with E-state index in [1.807, 2.05) is 6.20 Å². The maximum absolute atomic E-state index is 3.62. The molecule has 2 aromatic carbocycles. The van der Waals surface area contributed by atoms with Gasteiger partial charge in [-0.3, -0.25) is 0 Å². The topological polar surface area (TPSA) is 27.8 Å². The molecule has 0 bridgehead atoms. The highest BCUT2D eigenvalue weighted by molar-refractivity contribution is 5.88. The molecule has 1 atom stereocenters. The Morgan fingerprint density at radius 1 is 1.08 bits per heavy atom. The van der Waals surface area contributed by atoms with Gasteiger partial charge in [0.15, 0.2) is 0 Å². The highest BCUT2D eigenvalue weighted by Crippen LogP contribution is 2.26. The predicted molar refractivity (Wildman–Crippen MR) is 108 cm³/mol. The Bertz CT molecular complexity index is 930. The SMILES string of the molecule is Cc1ccccc1C1=CCNC(CC=Cc2cccc3[nH]ccc23)C1. The third-order valence-electron chi connectivity index (χ3n) is 5.06. The summed E-state index contributed by atoms with van der Waals surface area (Å²) < 4.78 is 0. The smallest absolute Gasteiger partial charge is 0.0459 e. The van der Waals surface area contributed by atoms with Gasteiger partial charge in [-0.2, -0.15) is 0 Å². The van der Waals surface area contributed by atoms with E-state index < -0.39 is 0 Å². The molecule has 0 aliphatic carbocycles. The van der Waals surface area contributed by atoms with Crippen molar-refractivity contribution in [3.63, 3.8) is 0 Å². The van der Waals surface area contributed by atoms with Gasteiger partial charge in [0, 0.05) is 29.7 Å². The zero-order valence-corrected chi connectivity index (χ0v) is 14.6. The molecule has 2 heteroatoms. The van der Waals surface area contributed by atoms with Crippen LogP contribution in [0.3, 0.4) is 0 Å². The van der Waals surface area contributed by atoms with E-state index in [2.05, 4.69) is 84.0 Å². The lowest BCUT2D eigenvalue weighted by Gasteiger charge is -2.24. The van der Waals surface area contributed by atoms with E-state index in [1.165, 1.54) is 33.2 Å². The number of benzene rings is 2. The van der Waals surface area contributed by atoms with Crippen LogP contribution in [-0.2, 0) is 0 Å². The summed E-state index contributed by atoms with van der Waals surface area (Å²) in [6.07, 6.45) is 11.0. The minimum absolute atomic E-state index is 0.501. The first-order chi connectivity index (χ1) is 12.3. The summed E-state index contributed by atoms with van der Waals surface area (Å²) in [7, 11) is 0. The number of fused-ring (bicyclic) bond motifs is 1. The van der Waals surface area contributed by atoms with E-state index in [9.17, 15) is 0 Å². The molecule has 3 aromatic rings. The molecule has 1 unspecified atom stereocenters. The monoisotopic (exact) mass is 328 g/mol. The summed E-state index contributed by atoms with van der Waals surface area (Å²) in [4.78, 5) is 3.28. The van der Waals surface area contributed by atoms with E-state index in [0.717, 1.165) is 19.4 Å². The highest BCUT2D eigenvalue weighted by atomic mass is 14.9. The van der Waals surface area contributed by atoms with Crippen LogP contribution in [0, 0.1) is 6.92 Å². The first-order valence-corrected chi connectivity index (χ1v) is 9.02. The van der Waals surface area contributed by atoms with Crippen LogP contribution in [0.5, 0.6) is 0 Å². The second kappa shape index (κ2) is 7.12. The number of H-pyrrole nitrogens is 1. The first-order valence-electron chi connectivity index (χ1n) is 9.02. The number of hydrogen-bond donors (Lipinski definition) is 2. The van der Waals surface area contributed by atoms with Crippen molar-refractivity contribution in [3.05, 3.63) is 83.6 Å². The molecule has 0 spiro atoms. The lowest BCUT2D eigenvalue weighted by molar-refractivity contribution is 0.542.